The summed E-state index contributed by atoms with van der Waals surface area (Å²) in [6.45, 7) is 3.08. The highest BCUT2D eigenvalue weighted by Crippen LogP contribution is 2.06. The Balaban J connectivity index is 0. The van der Waals surface area contributed by atoms with Crippen molar-refractivity contribution in [3.63, 3.8) is 0 Å². The van der Waals surface area contributed by atoms with Gasteiger partial charge in [0.1, 0.15) is 0 Å². The third kappa shape index (κ3) is 10.8. The zero-order chi connectivity index (χ0) is 14.8. The summed E-state index contributed by atoms with van der Waals surface area (Å²) in [6, 6.07) is 8.27. The second-order valence-electron chi connectivity index (χ2n) is 5.00. The van der Waals surface area contributed by atoms with Crippen LogP contribution >= 0.6 is 24.8 Å². The van der Waals surface area contributed by atoms with Crippen LogP contribution in [0.2, 0.25) is 0 Å². The molecule has 0 unspecified atom stereocenters. The standard InChI is InChI=1S/C15H25N3O2.2ClH/c1-18(2)12-14-6-4-5-13(9-14)10-17-15(19)11-16-7-8-20-3;;/h4-6,9,16H,7-8,10-12H2,1-3H3,(H,17,19);2*1H. The summed E-state index contributed by atoms with van der Waals surface area (Å²) in [7, 11) is 5.72. The monoisotopic (exact) mass is 351 g/mol. The second kappa shape index (κ2) is 13.8. The van der Waals surface area contributed by atoms with E-state index in [4.69, 9.17) is 4.74 Å². The Bertz CT molecular complexity index is 418. The van der Waals surface area contributed by atoms with Crippen molar-refractivity contribution in [2.45, 2.75) is 13.1 Å². The van der Waals surface area contributed by atoms with Crippen LogP contribution < -0.4 is 10.6 Å². The van der Waals surface area contributed by atoms with Crippen LogP contribution in [0.1, 0.15) is 11.1 Å². The minimum atomic E-state index is -0.000819. The Hall–Kier alpha value is -0.850. The topological polar surface area (TPSA) is 53.6 Å². The molecule has 0 aromatic heterocycles. The predicted molar refractivity (Wildman–Crippen MR) is 94.9 cm³/mol. The lowest BCUT2D eigenvalue weighted by molar-refractivity contribution is -0.120. The van der Waals surface area contributed by atoms with Crippen LogP contribution in [0.5, 0.6) is 0 Å². The molecular formula is C15H27Cl2N3O2. The molecule has 1 aromatic carbocycles. The molecule has 0 atom stereocenters. The first-order valence-electron chi connectivity index (χ1n) is 6.80. The van der Waals surface area contributed by atoms with Gasteiger partial charge in [0.25, 0.3) is 0 Å². The summed E-state index contributed by atoms with van der Waals surface area (Å²) in [5.74, 6) is -0.000819. The number of carbonyl (C=O) groups is 1. The quantitative estimate of drug-likeness (QED) is 0.661. The molecule has 0 aliphatic carbocycles. The van der Waals surface area contributed by atoms with Crippen molar-refractivity contribution in [1.29, 1.82) is 0 Å². The summed E-state index contributed by atoms with van der Waals surface area (Å²) < 4.78 is 4.90. The molecule has 128 valence electrons. The van der Waals surface area contributed by atoms with Crippen LogP contribution in [0.4, 0.5) is 0 Å². The number of methoxy groups -OCH3 is 1. The molecule has 2 N–H and O–H groups in total. The summed E-state index contributed by atoms with van der Waals surface area (Å²) in [4.78, 5) is 13.7. The molecule has 0 aliphatic heterocycles. The smallest absolute Gasteiger partial charge is 0.234 e. The fraction of sp³-hybridized carbons (Fsp3) is 0.533. The second-order valence-corrected chi connectivity index (χ2v) is 5.00. The van der Waals surface area contributed by atoms with Gasteiger partial charge in [-0.25, -0.2) is 0 Å². The van der Waals surface area contributed by atoms with Gasteiger partial charge in [-0.3, -0.25) is 4.79 Å². The van der Waals surface area contributed by atoms with Gasteiger partial charge in [0.2, 0.25) is 5.91 Å². The van der Waals surface area contributed by atoms with Crippen molar-refractivity contribution in [3.8, 4) is 0 Å². The van der Waals surface area contributed by atoms with Gasteiger partial charge < -0.3 is 20.3 Å². The highest BCUT2D eigenvalue weighted by atomic mass is 35.5. The summed E-state index contributed by atoms with van der Waals surface area (Å²) in [6.07, 6.45) is 0. The summed E-state index contributed by atoms with van der Waals surface area (Å²) in [5.41, 5.74) is 2.37. The van der Waals surface area contributed by atoms with Crippen molar-refractivity contribution >= 4 is 30.7 Å². The fourth-order valence-corrected chi connectivity index (χ4v) is 1.84. The Morgan fingerprint density at radius 2 is 1.91 bits per heavy atom. The molecule has 22 heavy (non-hydrogen) atoms. The Morgan fingerprint density at radius 1 is 1.23 bits per heavy atom. The number of benzene rings is 1. The van der Waals surface area contributed by atoms with Crippen LogP contribution in [0.15, 0.2) is 24.3 Å². The lowest BCUT2D eigenvalue weighted by atomic mass is 10.1. The van der Waals surface area contributed by atoms with Gasteiger partial charge in [0.05, 0.1) is 13.2 Å². The van der Waals surface area contributed by atoms with Crippen molar-refractivity contribution < 1.29 is 9.53 Å². The third-order valence-electron chi connectivity index (χ3n) is 2.75. The van der Waals surface area contributed by atoms with Gasteiger partial charge in [0.15, 0.2) is 0 Å². The van der Waals surface area contributed by atoms with E-state index in [1.54, 1.807) is 7.11 Å². The first kappa shape index (κ1) is 23.4. The number of hydrogen-bond donors (Lipinski definition) is 2. The number of halogens is 2. The van der Waals surface area contributed by atoms with E-state index in [1.807, 2.05) is 26.2 Å². The lowest BCUT2D eigenvalue weighted by Crippen LogP contribution is -2.34. The molecule has 0 radical (unpaired) electrons. The highest BCUT2D eigenvalue weighted by molar-refractivity contribution is 5.85. The van der Waals surface area contributed by atoms with Crippen molar-refractivity contribution in [1.82, 2.24) is 15.5 Å². The van der Waals surface area contributed by atoms with Gasteiger partial charge in [-0.15, -0.1) is 24.8 Å². The molecule has 0 saturated heterocycles. The van der Waals surface area contributed by atoms with Crippen molar-refractivity contribution in [2.24, 2.45) is 0 Å². The normalized spacial score (nSPS) is 9.82. The molecule has 0 heterocycles. The van der Waals surface area contributed by atoms with E-state index in [9.17, 15) is 4.79 Å². The summed E-state index contributed by atoms with van der Waals surface area (Å²) in [5, 5.41) is 5.92. The van der Waals surface area contributed by atoms with E-state index in [2.05, 4.69) is 27.7 Å². The van der Waals surface area contributed by atoms with Crippen LogP contribution in [0.25, 0.3) is 0 Å². The fourth-order valence-electron chi connectivity index (χ4n) is 1.84. The number of rotatable bonds is 9. The van der Waals surface area contributed by atoms with Crippen molar-refractivity contribution in [3.05, 3.63) is 35.4 Å². The van der Waals surface area contributed by atoms with E-state index in [0.29, 0.717) is 26.2 Å². The minimum Gasteiger partial charge on any atom is -0.383 e. The lowest BCUT2D eigenvalue weighted by Gasteiger charge is -2.11. The number of carbonyl (C=O) groups excluding carboxylic acids is 1. The van der Waals surface area contributed by atoms with Crippen LogP contribution in [0, 0.1) is 0 Å². The van der Waals surface area contributed by atoms with E-state index < -0.39 is 0 Å². The van der Waals surface area contributed by atoms with Crippen LogP contribution in [0.3, 0.4) is 0 Å². The van der Waals surface area contributed by atoms with E-state index >= 15 is 0 Å². The molecule has 0 saturated carbocycles. The zero-order valence-corrected chi connectivity index (χ0v) is 15.1. The maximum atomic E-state index is 11.6. The molecule has 7 heteroatoms. The van der Waals surface area contributed by atoms with Gasteiger partial charge in [-0.05, 0) is 25.2 Å². The molecule has 0 aliphatic rings. The average molecular weight is 352 g/mol. The molecule has 0 bridgehead atoms. The molecule has 0 spiro atoms. The molecule has 1 amide bonds. The SMILES string of the molecule is COCCNCC(=O)NCc1cccc(CN(C)C)c1.Cl.Cl. The number of hydrogen-bond acceptors (Lipinski definition) is 4. The zero-order valence-electron chi connectivity index (χ0n) is 13.4. The maximum absolute atomic E-state index is 11.6. The maximum Gasteiger partial charge on any atom is 0.234 e. The third-order valence-corrected chi connectivity index (χ3v) is 2.75. The van der Waals surface area contributed by atoms with Gasteiger partial charge in [-0.1, -0.05) is 24.3 Å². The van der Waals surface area contributed by atoms with Crippen LogP contribution in [-0.2, 0) is 22.6 Å². The number of ether oxygens (including phenoxy) is 1. The summed E-state index contributed by atoms with van der Waals surface area (Å²) >= 11 is 0. The van der Waals surface area contributed by atoms with E-state index in [-0.39, 0.29) is 30.7 Å². The van der Waals surface area contributed by atoms with Gasteiger partial charge in [-0.2, -0.15) is 0 Å². The number of nitrogens with one attached hydrogen (secondary N) is 2. The molecule has 1 aromatic rings. The highest BCUT2D eigenvalue weighted by Gasteiger charge is 2.02. The van der Waals surface area contributed by atoms with Crippen molar-refractivity contribution in [2.75, 3.05) is 40.9 Å². The number of amides is 1. The molecule has 1 rings (SSSR count). The Kier molecular flexibility index (Phi) is 14.7. The minimum absolute atomic E-state index is 0. The average Bonchev–Trinajstić information content (AvgIpc) is 2.41. The Morgan fingerprint density at radius 3 is 2.55 bits per heavy atom. The molecule has 5 nitrogen and oxygen atoms in total. The first-order chi connectivity index (χ1) is 9.61. The Labute approximate surface area is 145 Å². The number of nitrogens with zero attached hydrogens (tertiary/aromatic N) is 1. The van der Waals surface area contributed by atoms with Gasteiger partial charge >= 0.3 is 0 Å². The molecule has 0 fully saturated rings. The van der Waals surface area contributed by atoms with Gasteiger partial charge in [0, 0.05) is 26.7 Å². The first-order valence-corrected chi connectivity index (χ1v) is 6.80. The molecular weight excluding hydrogens is 325 g/mol. The van der Waals surface area contributed by atoms with E-state index in [0.717, 1.165) is 12.1 Å². The van der Waals surface area contributed by atoms with E-state index in [1.165, 1.54) is 5.56 Å². The predicted octanol–water partition coefficient (Wildman–Crippen LogP) is 1.44. The van der Waals surface area contributed by atoms with Crippen LogP contribution in [-0.4, -0.2) is 51.7 Å². The largest absolute Gasteiger partial charge is 0.383 e.